The number of likely N-dealkylation sites (tertiary alicyclic amines) is 1. The number of carbonyl (C=O) groups excluding carboxylic acids is 1. The molecular weight excluding hydrogens is 428 g/mol. The van der Waals surface area contributed by atoms with E-state index < -0.39 is 5.60 Å². The molecule has 2 fully saturated rings. The van der Waals surface area contributed by atoms with Gasteiger partial charge in [-0.2, -0.15) is 0 Å². The van der Waals surface area contributed by atoms with Crippen molar-refractivity contribution in [2.45, 2.75) is 82.3 Å². The lowest BCUT2D eigenvalue weighted by atomic mass is 9.76. The van der Waals surface area contributed by atoms with Gasteiger partial charge < -0.3 is 25.4 Å². The number of ether oxygens (including phenoxy) is 1. The number of aromatic nitrogens is 1. The van der Waals surface area contributed by atoms with Crippen LogP contribution in [0, 0.1) is 11.8 Å². The normalized spacial score (nSPS) is 22.2. The van der Waals surface area contributed by atoms with Crippen molar-refractivity contribution in [1.82, 2.24) is 20.5 Å². The van der Waals surface area contributed by atoms with Crippen molar-refractivity contribution in [2.75, 3.05) is 40.4 Å². The van der Waals surface area contributed by atoms with Crippen LogP contribution in [0.25, 0.3) is 0 Å². The van der Waals surface area contributed by atoms with Crippen molar-refractivity contribution in [2.24, 2.45) is 11.8 Å². The topological polar surface area (TPSA) is 86.7 Å². The molecule has 7 heteroatoms. The van der Waals surface area contributed by atoms with Crippen molar-refractivity contribution in [3.05, 3.63) is 30.1 Å². The summed E-state index contributed by atoms with van der Waals surface area (Å²) in [6.07, 6.45) is 13.5. The lowest BCUT2D eigenvalue weighted by Crippen LogP contribution is -2.54. The van der Waals surface area contributed by atoms with Crippen LogP contribution in [-0.2, 0) is 10.3 Å². The van der Waals surface area contributed by atoms with E-state index in [1.54, 1.807) is 13.3 Å². The Morgan fingerprint density at radius 3 is 2.76 bits per heavy atom. The highest BCUT2D eigenvalue weighted by atomic mass is 16.5. The smallest absolute Gasteiger partial charge is 0.317 e. The second-order valence-electron chi connectivity index (χ2n) is 10.3. The number of hydrogen-bond donors (Lipinski definition) is 3. The first-order chi connectivity index (χ1) is 16.6. The molecule has 0 aromatic carbocycles. The number of rotatable bonds is 12. The molecular formula is C27H46N4O3. The maximum absolute atomic E-state index is 13.3. The number of hydrogen-bond acceptors (Lipinski definition) is 5. The van der Waals surface area contributed by atoms with Gasteiger partial charge in [-0.05, 0) is 63.6 Å². The molecule has 2 aliphatic rings. The van der Waals surface area contributed by atoms with E-state index in [1.807, 2.05) is 30.1 Å². The summed E-state index contributed by atoms with van der Waals surface area (Å²) in [5, 5.41) is 18.5. The van der Waals surface area contributed by atoms with E-state index in [-0.39, 0.29) is 18.0 Å². The summed E-state index contributed by atoms with van der Waals surface area (Å²) in [5.74, 6) is 0.674. The molecule has 3 rings (SSSR count). The third-order valence-electron chi connectivity index (χ3n) is 7.77. The number of pyridine rings is 1. The van der Waals surface area contributed by atoms with Crippen LogP contribution in [0.3, 0.4) is 0 Å². The molecule has 34 heavy (non-hydrogen) atoms. The number of nitrogens with zero attached hydrogens (tertiary/aromatic N) is 2. The zero-order valence-electron chi connectivity index (χ0n) is 21.3. The highest BCUT2D eigenvalue weighted by molar-refractivity contribution is 5.74. The number of nitrogens with one attached hydrogen (secondary N) is 2. The quantitative estimate of drug-likeness (QED) is 0.398. The largest absolute Gasteiger partial charge is 0.385 e. The van der Waals surface area contributed by atoms with Gasteiger partial charge >= 0.3 is 6.03 Å². The molecule has 1 saturated heterocycles. The van der Waals surface area contributed by atoms with Crippen LogP contribution >= 0.6 is 0 Å². The summed E-state index contributed by atoms with van der Waals surface area (Å²) in [6, 6.07) is 5.88. The van der Waals surface area contributed by atoms with Gasteiger partial charge in [0.05, 0.1) is 5.69 Å². The number of aliphatic hydroxyl groups is 1. The van der Waals surface area contributed by atoms with Gasteiger partial charge in [-0.1, -0.05) is 38.2 Å². The third kappa shape index (κ3) is 7.65. The van der Waals surface area contributed by atoms with E-state index >= 15 is 0 Å². The second-order valence-corrected chi connectivity index (χ2v) is 10.3. The average Bonchev–Trinajstić information content (AvgIpc) is 2.88. The molecule has 0 bridgehead atoms. The highest BCUT2D eigenvalue weighted by Crippen LogP contribution is 2.39. The summed E-state index contributed by atoms with van der Waals surface area (Å²) in [4.78, 5) is 19.7. The number of carbonyl (C=O) groups is 1. The summed E-state index contributed by atoms with van der Waals surface area (Å²) in [7, 11) is 3.66. The van der Waals surface area contributed by atoms with Gasteiger partial charge in [0, 0.05) is 51.5 Å². The van der Waals surface area contributed by atoms with Crippen LogP contribution in [0.5, 0.6) is 0 Å². The van der Waals surface area contributed by atoms with Crippen molar-refractivity contribution in [3.63, 3.8) is 0 Å². The molecule has 2 heterocycles. The molecule has 1 aliphatic carbocycles. The molecule has 7 nitrogen and oxygen atoms in total. The van der Waals surface area contributed by atoms with Gasteiger partial charge in [-0.15, -0.1) is 0 Å². The van der Waals surface area contributed by atoms with Crippen molar-refractivity contribution in [3.8, 4) is 0 Å². The van der Waals surface area contributed by atoms with E-state index in [9.17, 15) is 9.90 Å². The molecule has 3 unspecified atom stereocenters. The molecule has 0 radical (unpaired) electrons. The van der Waals surface area contributed by atoms with E-state index in [1.165, 1.54) is 32.1 Å². The van der Waals surface area contributed by atoms with Crippen molar-refractivity contribution >= 4 is 6.03 Å². The van der Waals surface area contributed by atoms with Gasteiger partial charge in [-0.3, -0.25) is 4.98 Å². The SMILES string of the molecule is CNCC(CC1CCCCC1)NC(=O)N1CCCC(C(O)(CCCCOC)c2ccccn2)C1. The predicted octanol–water partition coefficient (Wildman–Crippen LogP) is 4.07. The molecule has 0 spiro atoms. The minimum absolute atomic E-state index is 0.00325. The summed E-state index contributed by atoms with van der Waals surface area (Å²) < 4.78 is 5.20. The van der Waals surface area contributed by atoms with Crippen LogP contribution in [0.1, 0.15) is 76.3 Å². The van der Waals surface area contributed by atoms with Gasteiger partial charge in [0.1, 0.15) is 5.60 Å². The Morgan fingerprint density at radius 2 is 2.06 bits per heavy atom. The molecule has 1 aliphatic heterocycles. The maximum atomic E-state index is 13.3. The van der Waals surface area contributed by atoms with Crippen LogP contribution < -0.4 is 10.6 Å². The zero-order valence-corrected chi connectivity index (χ0v) is 21.3. The summed E-state index contributed by atoms with van der Waals surface area (Å²) in [6.45, 7) is 2.76. The highest BCUT2D eigenvalue weighted by Gasteiger charge is 2.42. The van der Waals surface area contributed by atoms with Gasteiger partial charge in [-0.25, -0.2) is 4.79 Å². The first-order valence-corrected chi connectivity index (χ1v) is 13.4. The fourth-order valence-corrected chi connectivity index (χ4v) is 5.88. The molecule has 2 amide bonds. The maximum Gasteiger partial charge on any atom is 0.317 e. The first kappa shape index (κ1) is 26.9. The predicted molar refractivity (Wildman–Crippen MR) is 136 cm³/mol. The Kier molecular flexibility index (Phi) is 11.1. The Labute approximate surface area is 206 Å². The minimum atomic E-state index is -1.04. The number of urea groups is 1. The fraction of sp³-hybridized carbons (Fsp3) is 0.778. The van der Waals surface area contributed by atoms with E-state index in [0.29, 0.717) is 31.2 Å². The molecule has 3 N–H and O–H groups in total. The lowest BCUT2D eigenvalue weighted by molar-refractivity contribution is -0.0596. The van der Waals surface area contributed by atoms with Crippen molar-refractivity contribution < 1.29 is 14.6 Å². The number of methoxy groups -OCH3 is 1. The first-order valence-electron chi connectivity index (χ1n) is 13.4. The second kappa shape index (κ2) is 14.0. The van der Waals surface area contributed by atoms with Crippen LogP contribution in [0.15, 0.2) is 24.4 Å². The number of unbranched alkanes of at least 4 members (excludes halogenated alkanes) is 1. The molecule has 192 valence electrons. The Balaban J connectivity index is 1.64. The Morgan fingerprint density at radius 1 is 1.24 bits per heavy atom. The third-order valence-corrected chi connectivity index (χ3v) is 7.77. The number of amides is 2. The van der Waals surface area contributed by atoms with Gasteiger partial charge in [0.25, 0.3) is 0 Å². The standard InChI is InChI=1S/C27H46N4O3/c1-28-20-24(19-22-11-4-3-5-12-22)30-26(32)31-17-10-13-23(21-31)27(33,15-7-9-18-34-2)25-14-6-8-16-29-25/h6,8,14,16,22-24,28,33H,3-5,7,9-13,15,17-21H2,1-2H3,(H,30,32). The van der Waals surface area contributed by atoms with Crippen molar-refractivity contribution in [1.29, 1.82) is 0 Å². The molecule has 1 saturated carbocycles. The van der Waals surface area contributed by atoms with Crippen LogP contribution in [0.2, 0.25) is 0 Å². The van der Waals surface area contributed by atoms with E-state index in [0.717, 1.165) is 45.2 Å². The molecule has 3 atom stereocenters. The van der Waals surface area contributed by atoms with Crippen LogP contribution in [0.4, 0.5) is 4.79 Å². The van der Waals surface area contributed by atoms with Crippen LogP contribution in [-0.4, -0.2) is 67.5 Å². The number of likely N-dealkylation sites (N-methyl/N-ethyl adjacent to an activating group) is 1. The lowest BCUT2D eigenvalue weighted by Gasteiger charge is -2.42. The summed E-state index contributed by atoms with van der Waals surface area (Å²) in [5.41, 5.74) is -0.328. The van der Waals surface area contributed by atoms with E-state index in [2.05, 4.69) is 15.6 Å². The number of piperidine rings is 1. The zero-order chi connectivity index (χ0) is 24.2. The van der Waals surface area contributed by atoms with Gasteiger partial charge in [0.2, 0.25) is 0 Å². The Bertz CT molecular complexity index is 713. The Hall–Kier alpha value is -1.70. The fourth-order valence-electron chi connectivity index (χ4n) is 5.88. The minimum Gasteiger partial charge on any atom is -0.385 e. The average molecular weight is 475 g/mol. The van der Waals surface area contributed by atoms with E-state index in [4.69, 9.17) is 4.74 Å². The molecule has 1 aromatic heterocycles. The van der Waals surface area contributed by atoms with Gasteiger partial charge in [0.15, 0.2) is 0 Å². The monoisotopic (exact) mass is 474 g/mol. The summed E-state index contributed by atoms with van der Waals surface area (Å²) >= 11 is 0. The molecule has 1 aromatic rings.